The number of hydrogen-bond donors (Lipinski definition) is 1. The van der Waals surface area contributed by atoms with Gasteiger partial charge < -0.3 is 10.5 Å². The first-order valence-electron chi connectivity index (χ1n) is 4.56. The molecule has 1 aromatic rings. The van der Waals surface area contributed by atoms with E-state index in [0.717, 1.165) is 6.07 Å². The van der Waals surface area contributed by atoms with Crippen molar-refractivity contribution in [2.45, 2.75) is 12.4 Å². The number of nitrogens with two attached hydrogens (primary N) is 1. The molecule has 0 saturated carbocycles. The van der Waals surface area contributed by atoms with Gasteiger partial charge in [0.15, 0.2) is 0 Å². The van der Waals surface area contributed by atoms with E-state index >= 15 is 0 Å². The largest absolute Gasteiger partial charge is 0.416 e. The summed E-state index contributed by atoms with van der Waals surface area (Å²) in [5, 5.41) is 0.523. The highest BCUT2D eigenvalue weighted by Crippen LogP contribution is 2.34. The van der Waals surface area contributed by atoms with E-state index in [1.165, 1.54) is 18.2 Å². The summed E-state index contributed by atoms with van der Waals surface area (Å²) in [7, 11) is 0. The van der Waals surface area contributed by atoms with E-state index in [1.54, 1.807) is 0 Å². The fraction of sp³-hybridized carbons (Fsp3) is 0.400. The van der Waals surface area contributed by atoms with Crippen molar-refractivity contribution in [3.05, 3.63) is 35.4 Å². The fourth-order valence-corrected chi connectivity index (χ4v) is 1.45. The van der Waals surface area contributed by atoms with Crippen LogP contribution in [0.4, 0.5) is 13.2 Å². The van der Waals surface area contributed by atoms with Crippen LogP contribution in [-0.2, 0) is 10.9 Å². The Hall–Kier alpha value is -0.590. The number of benzene rings is 1. The Morgan fingerprint density at radius 2 is 1.94 bits per heavy atom. The lowest BCUT2D eigenvalue weighted by atomic mass is 10.1. The third-order valence-electron chi connectivity index (χ3n) is 1.95. The molecule has 0 aliphatic carbocycles. The maximum atomic E-state index is 12.6. The zero-order chi connectivity index (χ0) is 12.2. The Morgan fingerprint density at radius 1 is 1.31 bits per heavy atom. The summed E-state index contributed by atoms with van der Waals surface area (Å²) in [5.41, 5.74) is 4.74. The zero-order valence-electron chi connectivity index (χ0n) is 8.30. The van der Waals surface area contributed by atoms with E-state index in [1.807, 2.05) is 0 Å². The molecule has 0 aliphatic rings. The van der Waals surface area contributed by atoms with Gasteiger partial charge in [0.2, 0.25) is 0 Å². The van der Waals surface area contributed by atoms with Gasteiger partial charge in [-0.2, -0.15) is 13.2 Å². The van der Waals surface area contributed by atoms with Crippen LogP contribution in [0, 0.1) is 0 Å². The second-order valence-electron chi connectivity index (χ2n) is 3.07. The number of hydrogen-bond acceptors (Lipinski definition) is 2. The maximum Gasteiger partial charge on any atom is 0.416 e. The SMILES string of the molecule is NC(OCCBr)c1ccccc1C(F)(F)F. The van der Waals surface area contributed by atoms with Gasteiger partial charge in [-0.25, -0.2) is 0 Å². The van der Waals surface area contributed by atoms with Crippen LogP contribution in [0.1, 0.15) is 17.4 Å². The lowest BCUT2D eigenvalue weighted by Gasteiger charge is -2.18. The van der Waals surface area contributed by atoms with Crippen molar-refractivity contribution in [2.75, 3.05) is 11.9 Å². The van der Waals surface area contributed by atoms with Crippen LogP contribution in [0.3, 0.4) is 0 Å². The predicted molar refractivity (Wildman–Crippen MR) is 58.1 cm³/mol. The first-order valence-corrected chi connectivity index (χ1v) is 5.68. The molecule has 0 spiro atoms. The van der Waals surface area contributed by atoms with Gasteiger partial charge in [0, 0.05) is 10.9 Å². The molecule has 6 heteroatoms. The Labute approximate surface area is 99.7 Å². The summed E-state index contributed by atoms with van der Waals surface area (Å²) in [5.74, 6) is 0. The van der Waals surface area contributed by atoms with Gasteiger partial charge in [0.1, 0.15) is 6.23 Å². The second kappa shape index (κ2) is 5.65. The number of rotatable bonds is 4. The van der Waals surface area contributed by atoms with Crippen molar-refractivity contribution < 1.29 is 17.9 Å². The minimum Gasteiger partial charge on any atom is -0.358 e. The lowest BCUT2D eigenvalue weighted by Crippen LogP contribution is -2.20. The third kappa shape index (κ3) is 3.47. The van der Waals surface area contributed by atoms with Crippen molar-refractivity contribution in [2.24, 2.45) is 5.73 Å². The van der Waals surface area contributed by atoms with Gasteiger partial charge in [-0.15, -0.1) is 0 Å². The Kier molecular flexibility index (Phi) is 4.76. The van der Waals surface area contributed by atoms with E-state index in [2.05, 4.69) is 15.9 Å². The minimum absolute atomic E-state index is 0.0454. The van der Waals surface area contributed by atoms with Gasteiger partial charge in [0.25, 0.3) is 0 Å². The molecule has 2 nitrogen and oxygen atoms in total. The monoisotopic (exact) mass is 297 g/mol. The van der Waals surface area contributed by atoms with Gasteiger partial charge >= 0.3 is 6.18 Å². The zero-order valence-corrected chi connectivity index (χ0v) is 9.88. The summed E-state index contributed by atoms with van der Waals surface area (Å²) >= 11 is 3.11. The third-order valence-corrected chi connectivity index (χ3v) is 2.27. The van der Waals surface area contributed by atoms with Gasteiger partial charge in [-0.1, -0.05) is 34.1 Å². The number of alkyl halides is 4. The smallest absolute Gasteiger partial charge is 0.358 e. The van der Waals surface area contributed by atoms with Crippen molar-refractivity contribution in [3.63, 3.8) is 0 Å². The molecule has 16 heavy (non-hydrogen) atoms. The molecule has 0 saturated heterocycles. The molecule has 0 aliphatic heterocycles. The molecule has 1 atom stereocenters. The highest BCUT2D eigenvalue weighted by molar-refractivity contribution is 9.09. The van der Waals surface area contributed by atoms with E-state index in [-0.39, 0.29) is 12.2 Å². The van der Waals surface area contributed by atoms with E-state index in [0.29, 0.717) is 5.33 Å². The average Bonchev–Trinajstić information content (AvgIpc) is 2.24. The van der Waals surface area contributed by atoms with E-state index in [9.17, 15) is 13.2 Å². The topological polar surface area (TPSA) is 35.2 Å². The summed E-state index contributed by atoms with van der Waals surface area (Å²) in [6, 6.07) is 5.14. The van der Waals surface area contributed by atoms with Gasteiger partial charge in [-0.05, 0) is 6.07 Å². The second-order valence-corrected chi connectivity index (χ2v) is 3.86. The first kappa shape index (κ1) is 13.5. The molecular weight excluding hydrogens is 287 g/mol. The quantitative estimate of drug-likeness (QED) is 0.685. The minimum atomic E-state index is -4.41. The molecule has 0 radical (unpaired) electrons. The van der Waals surface area contributed by atoms with Crippen LogP contribution in [-0.4, -0.2) is 11.9 Å². The van der Waals surface area contributed by atoms with Gasteiger partial charge in [-0.3, -0.25) is 0 Å². The predicted octanol–water partition coefficient (Wildman–Crippen LogP) is 3.07. The molecule has 0 amide bonds. The summed E-state index contributed by atoms with van der Waals surface area (Å²) < 4.78 is 42.9. The molecule has 2 N–H and O–H groups in total. The Bertz CT molecular complexity index is 343. The van der Waals surface area contributed by atoms with Crippen LogP contribution >= 0.6 is 15.9 Å². The van der Waals surface area contributed by atoms with Crippen molar-refractivity contribution in [1.29, 1.82) is 0 Å². The van der Waals surface area contributed by atoms with Crippen LogP contribution < -0.4 is 5.73 Å². The first-order chi connectivity index (χ1) is 7.46. The van der Waals surface area contributed by atoms with Crippen molar-refractivity contribution in [1.82, 2.24) is 0 Å². The fourth-order valence-electron chi connectivity index (χ4n) is 1.26. The standard InChI is InChI=1S/C10H11BrF3NO/c11-5-6-16-9(15)7-3-1-2-4-8(7)10(12,13)14/h1-4,9H,5-6,15H2. The van der Waals surface area contributed by atoms with E-state index < -0.39 is 18.0 Å². The summed E-state index contributed by atoms with van der Waals surface area (Å²) in [4.78, 5) is 0. The number of ether oxygens (including phenoxy) is 1. The molecule has 1 unspecified atom stereocenters. The Balaban J connectivity index is 2.94. The normalized spacial score (nSPS) is 13.8. The molecule has 1 rings (SSSR count). The highest BCUT2D eigenvalue weighted by Gasteiger charge is 2.34. The molecular formula is C10H11BrF3NO. The molecule has 90 valence electrons. The lowest BCUT2D eigenvalue weighted by molar-refractivity contribution is -0.139. The molecule has 0 fully saturated rings. The molecule has 0 heterocycles. The molecule has 0 bridgehead atoms. The maximum absolute atomic E-state index is 12.6. The summed E-state index contributed by atoms with van der Waals surface area (Å²) in [6.45, 7) is 0.257. The molecule has 1 aromatic carbocycles. The Morgan fingerprint density at radius 3 is 2.50 bits per heavy atom. The van der Waals surface area contributed by atoms with Crippen molar-refractivity contribution >= 4 is 15.9 Å². The van der Waals surface area contributed by atoms with Crippen LogP contribution in [0.15, 0.2) is 24.3 Å². The molecule has 0 aromatic heterocycles. The van der Waals surface area contributed by atoms with Crippen LogP contribution in [0.5, 0.6) is 0 Å². The van der Waals surface area contributed by atoms with Crippen LogP contribution in [0.25, 0.3) is 0 Å². The van der Waals surface area contributed by atoms with Gasteiger partial charge in [0.05, 0.1) is 12.2 Å². The highest BCUT2D eigenvalue weighted by atomic mass is 79.9. The average molecular weight is 298 g/mol. The van der Waals surface area contributed by atoms with Crippen molar-refractivity contribution in [3.8, 4) is 0 Å². The van der Waals surface area contributed by atoms with Crippen LogP contribution in [0.2, 0.25) is 0 Å². The number of halogens is 4. The van der Waals surface area contributed by atoms with E-state index in [4.69, 9.17) is 10.5 Å². The summed E-state index contributed by atoms with van der Waals surface area (Å²) in [6.07, 6.45) is -5.47.